The van der Waals surface area contributed by atoms with Gasteiger partial charge in [-0.05, 0) is 19.9 Å². The highest BCUT2D eigenvalue weighted by atomic mass is 19.4. The van der Waals surface area contributed by atoms with E-state index in [1.807, 2.05) is 0 Å². The van der Waals surface area contributed by atoms with E-state index < -0.39 is 6.36 Å². The Morgan fingerprint density at radius 3 is 2.74 bits per heavy atom. The van der Waals surface area contributed by atoms with Gasteiger partial charge >= 0.3 is 6.36 Å². The maximum atomic E-state index is 11.8. The molecule has 0 aliphatic carbocycles. The average Bonchev–Trinajstić information content (AvgIpc) is 2.74. The molecule has 1 aliphatic rings. The van der Waals surface area contributed by atoms with Gasteiger partial charge in [-0.3, -0.25) is 9.53 Å². The van der Waals surface area contributed by atoms with E-state index in [9.17, 15) is 18.0 Å². The summed E-state index contributed by atoms with van der Waals surface area (Å²) in [5, 5.41) is 5.73. The van der Waals surface area contributed by atoms with Crippen LogP contribution in [0.5, 0.6) is 0 Å². The highest BCUT2D eigenvalue weighted by Gasteiger charge is 2.30. The van der Waals surface area contributed by atoms with Gasteiger partial charge in [0.2, 0.25) is 5.91 Å². The van der Waals surface area contributed by atoms with Crippen LogP contribution in [-0.2, 0) is 9.53 Å². The summed E-state index contributed by atoms with van der Waals surface area (Å²) in [5.74, 6) is -0.0504. The number of hydrogen-bond donors (Lipinski definition) is 2. The van der Waals surface area contributed by atoms with Crippen molar-refractivity contribution in [2.75, 3.05) is 33.8 Å². The lowest BCUT2D eigenvalue weighted by Gasteiger charge is -2.21. The Labute approximate surface area is 110 Å². The molecule has 8 heteroatoms. The smallest absolute Gasteiger partial charge is 0.358 e. The van der Waals surface area contributed by atoms with Crippen LogP contribution >= 0.6 is 0 Å². The van der Waals surface area contributed by atoms with Crippen molar-refractivity contribution < 1.29 is 22.7 Å². The largest absolute Gasteiger partial charge is 0.522 e. The third-order valence-electron chi connectivity index (χ3n) is 3.07. The third kappa shape index (κ3) is 6.22. The fourth-order valence-corrected chi connectivity index (χ4v) is 2.13. The molecule has 0 radical (unpaired) electrons. The zero-order chi connectivity index (χ0) is 14.5. The molecule has 1 fully saturated rings. The van der Waals surface area contributed by atoms with E-state index in [1.165, 1.54) is 0 Å². The molecule has 0 aromatic rings. The Kier molecular flexibility index (Phi) is 6.02. The predicted octanol–water partition coefficient (Wildman–Crippen LogP) is 0.321. The van der Waals surface area contributed by atoms with Gasteiger partial charge in [-0.1, -0.05) is 0 Å². The average molecular weight is 283 g/mol. The van der Waals surface area contributed by atoms with E-state index in [-0.39, 0.29) is 31.1 Å². The SMILES string of the molecule is CNC(=O)C1CCC(CN(C)CCOC(F)(F)F)N1. The summed E-state index contributed by atoms with van der Waals surface area (Å²) in [6.45, 7) is 0.405. The summed E-state index contributed by atoms with van der Waals surface area (Å²) >= 11 is 0. The van der Waals surface area contributed by atoms with Gasteiger partial charge in [0.15, 0.2) is 0 Å². The molecule has 1 aliphatic heterocycles. The number of hydrogen-bond acceptors (Lipinski definition) is 4. The summed E-state index contributed by atoms with van der Waals surface area (Å²) in [5.41, 5.74) is 0. The van der Waals surface area contributed by atoms with Crippen LogP contribution in [-0.4, -0.2) is 63.0 Å². The molecule has 1 heterocycles. The normalized spacial score (nSPS) is 23.9. The first-order chi connectivity index (χ1) is 8.81. The van der Waals surface area contributed by atoms with Crippen LogP contribution in [0.15, 0.2) is 0 Å². The summed E-state index contributed by atoms with van der Waals surface area (Å²) in [6.07, 6.45) is -2.99. The van der Waals surface area contributed by atoms with Gasteiger partial charge < -0.3 is 15.5 Å². The second-order valence-electron chi connectivity index (χ2n) is 4.66. The van der Waals surface area contributed by atoms with Crippen LogP contribution in [0.4, 0.5) is 13.2 Å². The zero-order valence-electron chi connectivity index (χ0n) is 11.1. The quantitative estimate of drug-likeness (QED) is 0.737. The van der Waals surface area contributed by atoms with Crippen LogP contribution in [0.2, 0.25) is 0 Å². The second-order valence-corrected chi connectivity index (χ2v) is 4.66. The zero-order valence-corrected chi connectivity index (χ0v) is 11.1. The van der Waals surface area contributed by atoms with E-state index in [0.29, 0.717) is 6.54 Å². The van der Waals surface area contributed by atoms with Crippen molar-refractivity contribution in [1.82, 2.24) is 15.5 Å². The minimum absolute atomic E-state index is 0.0504. The third-order valence-corrected chi connectivity index (χ3v) is 3.07. The maximum absolute atomic E-state index is 11.8. The van der Waals surface area contributed by atoms with Crippen LogP contribution in [0.1, 0.15) is 12.8 Å². The molecule has 0 bridgehead atoms. The highest BCUT2D eigenvalue weighted by Crippen LogP contribution is 2.16. The molecule has 19 heavy (non-hydrogen) atoms. The number of nitrogens with zero attached hydrogens (tertiary/aromatic N) is 1. The Hall–Kier alpha value is -0.860. The van der Waals surface area contributed by atoms with Crippen LogP contribution in [0.3, 0.4) is 0 Å². The molecular formula is C11H20F3N3O2. The van der Waals surface area contributed by atoms with Gasteiger partial charge in [0.1, 0.15) is 0 Å². The van der Waals surface area contributed by atoms with Crippen molar-refractivity contribution >= 4 is 5.91 Å². The first kappa shape index (κ1) is 16.2. The van der Waals surface area contributed by atoms with Crippen LogP contribution in [0.25, 0.3) is 0 Å². The molecule has 0 saturated carbocycles. The molecule has 0 spiro atoms. The lowest BCUT2D eigenvalue weighted by molar-refractivity contribution is -0.324. The van der Waals surface area contributed by atoms with E-state index in [0.717, 1.165) is 12.8 Å². The van der Waals surface area contributed by atoms with Crippen molar-refractivity contribution in [1.29, 1.82) is 0 Å². The van der Waals surface area contributed by atoms with E-state index in [1.54, 1.807) is 19.0 Å². The second kappa shape index (κ2) is 7.06. The van der Waals surface area contributed by atoms with Crippen molar-refractivity contribution in [3.05, 3.63) is 0 Å². The van der Waals surface area contributed by atoms with Gasteiger partial charge in [0.25, 0.3) is 0 Å². The van der Waals surface area contributed by atoms with Gasteiger partial charge in [-0.15, -0.1) is 13.2 Å². The van der Waals surface area contributed by atoms with Crippen LogP contribution in [0, 0.1) is 0 Å². The summed E-state index contributed by atoms with van der Waals surface area (Å²) in [4.78, 5) is 13.2. The Morgan fingerprint density at radius 1 is 1.47 bits per heavy atom. The number of alkyl halides is 3. The Morgan fingerprint density at radius 2 is 2.16 bits per heavy atom. The van der Waals surface area contributed by atoms with Crippen molar-refractivity contribution in [2.24, 2.45) is 0 Å². The minimum atomic E-state index is -4.57. The number of rotatable bonds is 6. The van der Waals surface area contributed by atoms with E-state index in [4.69, 9.17) is 0 Å². The predicted molar refractivity (Wildman–Crippen MR) is 63.5 cm³/mol. The molecule has 2 N–H and O–H groups in total. The number of likely N-dealkylation sites (N-methyl/N-ethyl adjacent to an activating group) is 2. The van der Waals surface area contributed by atoms with Gasteiger partial charge in [0.05, 0.1) is 12.6 Å². The summed E-state index contributed by atoms with van der Waals surface area (Å²) in [6, 6.07) is -0.0759. The Bertz CT molecular complexity index is 299. The highest BCUT2D eigenvalue weighted by molar-refractivity contribution is 5.81. The fourth-order valence-electron chi connectivity index (χ4n) is 2.13. The molecule has 1 amide bonds. The molecule has 2 atom stereocenters. The lowest BCUT2D eigenvalue weighted by atomic mass is 10.2. The molecule has 0 aromatic heterocycles. The molecule has 1 rings (SSSR count). The molecule has 5 nitrogen and oxygen atoms in total. The Balaban J connectivity index is 2.19. The number of amides is 1. The van der Waals surface area contributed by atoms with E-state index in [2.05, 4.69) is 15.4 Å². The number of halogens is 3. The van der Waals surface area contributed by atoms with Crippen molar-refractivity contribution in [2.45, 2.75) is 31.3 Å². The monoisotopic (exact) mass is 283 g/mol. The summed E-state index contributed by atoms with van der Waals surface area (Å²) < 4.78 is 39.1. The van der Waals surface area contributed by atoms with Crippen molar-refractivity contribution in [3.63, 3.8) is 0 Å². The van der Waals surface area contributed by atoms with Crippen molar-refractivity contribution in [3.8, 4) is 0 Å². The molecule has 112 valence electrons. The number of carbonyl (C=O) groups is 1. The molecule has 0 aromatic carbocycles. The number of ether oxygens (including phenoxy) is 1. The fraction of sp³-hybridized carbons (Fsp3) is 0.909. The summed E-state index contributed by atoms with van der Waals surface area (Å²) in [7, 11) is 3.31. The first-order valence-corrected chi connectivity index (χ1v) is 6.18. The van der Waals surface area contributed by atoms with Gasteiger partial charge in [0, 0.05) is 26.2 Å². The lowest BCUT2D eigenvalue weighted by Crippen LogP contribution is -2.45. The number of carbonyl (C=O) groups excluding carboxylic acids is 1. The van der Waals surface area contributed by atoms with Crippen LogP contribution < -0.4 is 10.6 Å². The molecule has 2 unspecified atom stereocenters. The van der Waals surface area contributed by atoms with E-state index >= 15 is 0 Å². The number of nitrogens with one attached hydrogen (secondary N) is 2. The topological polar surface area (TPSA) is 53.6 Å². The van der Waals surface area contributed by atoms with Gasteiger partial charge in [-0.25, -0.2) is 0 Å². The van der Waals surface area contributed by atoms with Gasteiger partial charge in [-0.2, -0.15) is 0 Å². The maximum Gasteiger partial charge on any atom is 0.522 e. The molecule has 1 saturated heterocycles. The molecular weight excluding hydrogens is 263 g/mol. The minimum Gasteiger partial charge on any atom is -0.358 e. The standard InChI is InChI=1S/C11H20F3N3O2/c1-15-10(18)9-4-3-8(16-9)7-17(2)5-6-19-11(12,13)14/h8-9,16H,3-7H2,1-2H3,(H,15,18). The first-order valence-electron chi connectivity index (χ1n) is 6.18.